The number of benzene rings is 2. The maximum atomic E-state index is 6.25. The minimum atomic E-state index is -0.767. The van der Waals surface area contributed by atoms with Crippen molar-refractivity contribution in [2.45, 2.75) is 63.6 Å². The number of methoxy groups -OCH3 is 3. The third kappa shape index (κ3) is 5.89. The van der Waals surface area contributed by atoms with E-state index in [4.69, 9.17) is 37.9 Å². The van der Waals surface area contributed by atoms with Crippen molar-refractivity contribution in [2.24, 2.45) is 0 Å². The monoisotopic (exact) mass is 474 g/mol. The predicted octanol–water partition coefficient (Wildman–Crippen LogP) is 3.70. The van der Waals surface area contributed by atoms with Crippen LogP contribution < -0.4 is 9.47 Å². The van der Waals surface area contributed by atoms with Crippen LogP contribution in [0.3, 0.4) is 0 Å². The Balaban J connectivity index is 1.40. The maximum Gasteiger partial charge on any atom is 0.186 e. The number of ether oxygens (including phenoxy) is 8. The topological polar surface area (TPSA) is 73.8 Å². The van der Waals surface area contributed by atoms with Crippen LogP contribution in [0.15, 0.2) is 48.5 Å². The highest BCUT2D eigenvalue weighted by Gasteiger charge is 2.56. The lowest BCUT2D eigenvalue weighted by Crippen LogP contribution is -2.58. The smallest absolute Gasteiger partial charge is 0.186 e. The van der Waals surface area contributed by atoms with Crippen molar-refractivity contribution in [3.05, 3.63) is 59.7 Å². The quantitative estimate of drug-likeness (QED) is 0.516. The number of rotatable bonds is 10. The minimum absolute atomic E-state index is 0.331. The molecule has 5 atom stereocenters. The largest absolute Gasteiger partial charge is 0.497 e. The van der Waals surface area contributed by atoms with Crippen LogP contribution in [0.4, 0.5) is 0 Å². The van der Waals surface area contributed by atoms with Crippen molar-refractivity contribution < 1.29 is 37.9 Å². The summed E-state index contributed by atoms with van der Waals surface area (Å²) in [5.74, 6) is 0.841. The van der Waals surface area contributed by atoms with Crippen LogP contribution in [-0.2, 0) is 41.6 Å². The van der Waals surface area contributed by atoms with Gasteiger partial charge in [-0.15, -0.1) is 0 Å². The second-order valence-corrected chi connectivity index (χ2v) is 8.83. The van der Waals surface area contributed by atoms with Crippen LogP contribution in [0.25, 0.3) is 0 Å². The Morgan fingerprint density at radius 1 is 0.765 bits per heavy atom. The van der Waals surface area contributed by atoms with Crippen LogP contribution in [0, 0.1) is 0 Å². The summed E-state index contributed by atoms with van der Waals surface area (Å²) in [6.07, 6.45) is -2.15. The van der Waals surface area contributed by atoms with Crippen molar-refractivity contribution in [3.63, 3.8) is 0 Å². The van der Waals surface area contributed by atoms with Crippen molar-refractivity contribution in [1.29, 1.82) is 0 Å². The molecule has 0 unspecified atom stereocenters. The van der Waals surface area contributed by atoms with E-state index in [-0.39, 0.29) is 18.3 Å². The molecule has 8 heteroatoms. The fourth-order valence-corrected chi connectivity index (χ4v) is 4.27. The van der Waals surface area contributed by atoms with E-state index in [1.54, 1.807) is 21.3 Å². The molecular weight excluding hydrogens is 440 g/mol. The molecule has 0 spiro atoms. The highest BCUT2D eigenvalue weighted by atomic mass is 16.8. The van der Waals surface area contributed by atoms with Crippen LogP contribution in [0.5, 0.6) is 11.5 Å². The molecule has 34 heavy (non-hydrogen) atoms. The molecule has 2 aromatic rings. The molecule has 2 aliphatic heterocycles. The molecule has 2 heterocycles. The number of hydrogen-bond donors (Lipinski definition) is 0. The van der Waals surface area contributed by atoms with Crippen molar-refractivity contribution in [3.8, 4) is 11.5 Å². The second-order valence-electron chi connectivity index (χ2n) is 8.83. The van der Waals surface area contributed by atoms with Gasteiger partial charge in [0.25, 0.3) is 0 Å². The van der Waals surface area contributed by atoms with Gasteiger partial charge in [0.1, 0.15) is 35.9 Å². The van der Waals surface area contributed by atoms with Gasteiger partial charge in [-0.3, -0.25) is 0 Å². The number of fused-ring (bicyclic) bond motifs is 1. The van der Waals surface area contributed by atoms with E-state index in [0.29, 0.717) is 19.8 Å². The first-order chi connectivity index (χ1) is 16.4. The molecule has 2 aliphatic rings. The van der Waals surface area contributed by atoms with Gasteiger partial charge in [-0.25, -0.2) is 0 Å². The molecule has 0 N–H and O–H groups in total. The van der Waals surface area contributed by atoms with Gasteiger partial charge in [-0.1, -0.05) is 24.3 Å². The molecule has 8 nitrogen and oxygen atoms in total. The lowest BCUT2D eigenvalue weighted by atomic mass is 9.99. The van der Waals surface area contributed by atoms with Gasteiger partial charge >= 0.3 is 0 Å². The van der Waals surface area contributed by atoms with Crippen molar-refractivity contribution >= 4 is 0 Å². The fraction of sp³-hybridized carbons (Fsp3) is 0.538. The van der Waals surface area contributed by atoms with Gasteiger partial charge in [0, 0.05) is 7.11 Å². The Morgan fingerprint density at radius 3 is 1.88 bits per heavy atom. The summed E-state index contributed by atoms with van der Waals surface area (Å²) in [5.41, 5.74) is 2.05. The van der Waals surface area contributed by atoms with Gasteiger partial charge in [-0.05, 0) is 49.2 Å². The molecule has 0 saturated carbocycles. The summed E-state index contributed by atoms with van der Waals surface area (Å²) in [4.78, 5) is 0. The molecule has 2 fully saturated rings. The Labute approximate surface area is 200 Å². The molecule has 0 aliphatic carbocycles. The molecule has 2 saturated heterocycles. The van der Waals surface area contributed by atoms with Gasteiger partial charge in [0.15, 0.2) is 12.1 Å². The lowest BCUT2D eigenvalue weighted by molar-refractivity contribution is -0.288. The average molecular weight is 475 g/mol. The fourth-order valence-electron chi connectivity index (χ4n) is 4.27. The standard InChI is InChI=1S/C26H34O8/c1-26(2)33-22-21(16-30-14-17-6-10-19(27-3)11-7-17)32-25(29-5)24(23(22)34-26)31-15-18-8-12-20(28-4)13-9-18/h6-13,21-25H,14-16H2,1-5H3/t21-,22+,23+,24-,25-/m1/s1. The second kappa shape index (κ2) is 11.0. The highest BCUT2D eigenvalue weighted by Crippen LogP contribution is 2.39. The average Bonchev–Trinajstić information content (AvgIpc) is 3.18. The van der Waals surface area contributed by atoms with E-state index in [1.807, 2.05) is 62.4 Å². The summed E-state index contributed by atoms with van der Waals surface area (Å²) in [5, 5.41) is 0. The first kappa shape index (κ1) is 24.9. The lowest BCUT2D eigenvalue weighted by Gasteiger charge is -2.41. The van der Waals surface area contributed by atoms with Crippen LogP contribution in [-0.4, -0.2) is 64.4 Å². The van der Waals surface area contributed by atoms with Crippen LogP contribution >= 0.6 is 0 Å². The number of hydrogen-bond acceptors (Lipinski definition) is 8. The first-order valence-electron chi connectivity index (χ1n) is 11.4. The zero-order valence-electron chi connectivity index (χ0n) is 20.4. The molecule has 2 aromatic carbocycles. The molecule has 0 bridgehead atoms. The zero-order chi connectivity index (χ0) is 24.1. The minimum Gasteiger partial charge on any atom is -0.497 e. The van der Waals surface area contributed by atoms with Gasteiger partial charge in [0.05, 0.1) is 34.0 Å². The molecule has 0 amide bonds. The van der Waals surface area contributed by atoms with Crippen molar-refractivity contribution in [2.75, 3.05) is 27.9 Å². The Kier molecular flexibility index (Phi) is 8.08. The summed E-state index contributed by atoms with van der Waals surface area (Å²) < 4.78 is 47.0. The Hall–Kier alpha value is -2.20. The third-order valence-corrected chi connectivity index (χ3v) is 5.97. The van der Waals surface area contributed by atoms with E-state index in [2.05, 4.69) is 0 Å². The zero-order valence-corrected chi connectivity index (χ0v) is 20.4. The Bertz CT molecular complexity index is 898. The summed E-state index contributed by atoms with van der Waals surface area (Å²) in [7, 11) is 4.89. The highest BCUT2D eigenvalue weighted by molar-refractivity contribution is 5.27. The summed E-state index contributed by atoms with van der Waals surface area (Å²) in [6, 6.07) is 15.5. The molecule has 0 aromatic heterocycles. The SMILES string of the molecule is COc1ccc(COC[C@H]2O[C@@H](OC)[C@H](OCc3ccc(OC)cc3)[C@H]3OC(C)(C)O[C@H]32)cc1. The van der Waals surface area contributed by atoms with E-state index < -0.39 is 18.2 Å². The predicted molar refractivity (Wildman–Crippen MR) is 124 cm³/mol. The summed E-state index contributed by atoms with van der Waals surface area (Å²) >= 11 is 0. The van der Waals surface area contributed by atoms with Crippen molar-refractivity contribution in [1.82, 2.24) is 0 Å². The van der Waals surface area contributed by atoms with Crippen LogP contribution in [0.1, 0.15) is 25.0 Å². The molecule has 0 radical (unpaired) electrons. The van der Waals surface area contributed by atoms with Gasteiger partial charge < -0.3 is 37.9 Å². The normalized spacial score (nSPS) is 27.9. The maximum absolute atomic E-state index is 6.25. The van der Waals surface area contributed by atoms with E-state index in [1.165, 1.54) is 0 Å². The van der Waals surface area contributed by atoms with E-state index in [9.17, 15) is 0 Å². The molecular formula is C26H34O8. The van der Waals surface area contributed by atoms with Crippen LogP contribution in [0.2, 0.25) is 0 Å². The Morgan fingerprint density at radius 2 is 1.32 bits per heavy atom. The van der Waals surface area contributed by atoms with Gasteiger partial charge in [0.2, 0.25) is 0 Å². The first-order valence-corrected chi connectivity index (χ1v) is 11.4. The third-order valence-electron chi connectivity index (χ3n) is 5.97. The van der Waals surface area contributed by atoms with E-state index in [0.717, 1.165) is 22.6 Å². The molecule has 4 rings (SSSR count). The van der Waals surface area contributed by atoms with Gasteiger partial charge in [-0.2, -0.15) is 0 Å². The van der Waals surface area contributed by atoms with E-state index >= 15 is 0 Å². The molecule has 186 valence electrons. The summed E-state index contributed by atoms with van der Waals surface area (Å²) in [6.45, 7) is 4.94.